The molecular weight excluding hydrogens is 188 g/mol. The summed E-state index contributed by atoms with van der Waals surface area (Å²) in [4.78, 5) is 2.69. The van der Waals surface area contributed by atoms with E-state index in [0.29, 0.717) is 6.10 Å². The lowest BCUT2D eigenvalue weighted by Gasteiger charge is -2.46. The molecule has 1 unspecified atom stereocenters. The molecule has 86 valence electrons. The summed E-state index contributed by atoms with van der Waals surface area (Å²) in [6.45, 7) is 3.71. The van der Waals surface area contributed by atoms with E-state index in [1.54, 1.807) is 0 Å². The number of piperazine rings is 1. The molecule has 0 aromatic carbocycles. The highest BCUT2D eigenvalue weighted by molar-refractivity contribution is 4.96. The number of methoxy groups -OCH3 is 1. The van der Waals surface area contributed by atoms with Gasteiger partial charge in [-0.3, -0.25) is 4.90 Å². The van der Waals surface area contributed by atoms with Crippen molar-refractivity contribution in [1.29, 1.82) is 0 Å². The van der Waals surface area contributed by atoms with E-state index in [1.807, 2.05) is 7.11 Å². The largest absolute Gasteiger partial charge is 0.381 e. The minimum absolute atomic E-state index is 0.546. The molecule has 3 aliphatic rings. The summed E-state index contributed by atoms with van der Waals surface area (Å²) in [6, 6.07) is 1.61. The van der Waals surface area contributed by atoms with Crippen LogP contribution in [0.2, 0.25) is 0 Å². The maximum Gasteiger partial charge on any atom is 0.0601 e. The van der Waals surface area contributed by atoms with Gasteiger partial charge in [-0.15, -0.1) is 0 Å². The highest BCUT2D eigenvalue weighted by Gasteiger charge is 2.39. The van der Waals surface area contributed by atoms with E-state index in [9.17, 15) is 0 Å². The minimum Gasteiger partial charge on any atom is -0.381 e. The van der Waals surface area contributed by atoms with Crippen LogP contribution in [0.3, 0.4) is 0 Å². The van der Waals surface area contributed by atoms with Gasteiger partial charge in [0.2, 0.25) is 0 Å². The zero-order valence-corrected chi connectivity index (χ0v) is 9.61. The Hall–Kier alpha value is -0.120. The van der Waals surface area contributed by atoms with Crippen molar-refractivity contribution in [1.82, 2.24) is 10.2 Å². The van der Waals surface area contributed by atoms with Gasteiger partial charge in [-0.2, -0.15) is 0 Å². The van der Waals surface area contributed by atoms with Gasteiger partial charge in [-0.05, 0) is 31.6 Å². The predicted molar refractivity (Wildman–Crippen MR) is 59.9 cm³/mol. The van der Waals surface area contributed by atoms with E-state index in [1.165, 1.54) is 45.3 Å². The van der Waals surface area contributed by atoms with Crippen LogP contribution in [-0.4, -0.2) is 49.8 Å². The van der Waals surface area contributed by atoms with E-state index in [0.717, 1.165) is 18.0 Å². The lowest BCUT2D eigenvalue weighted by molar-refractivity contribution is -0.0355. The maximum atomic E-state index is 5.35. The van der Waals surface area contributed by atoms with Gasteiger partial charge < -0.3 is 10.1 Å². The van der Waals surface area contributed by atoms with Crippen LogP contribution in [0.1, 0.15) is 25.7 Å². The lowest BCUT2D eigenvalue weighted by Crippen LogP contribution is -2.58. The molecule has 2 saturated carbocycles. The Bertz CT molecular complexity index is 224. The van der Waals surface area contributed by atoms with Crippen LogP contribution in [-0.2, 0) is 4.74 Å². The number of hydrogen-bond donors (Lipinski definition) is 1. The van der Waals surface area contributed by atoms with Crippen LogP contribution >= 0.6 is 0 Å². The van der Waals surface area contributed by atoms with Gasteiger partial charge in [0.1, 0.15) is 0 Å². The Morgan fingerprint density at radius 3 is 2.73 bits per heavy atom. The Labute approximate surface area is 92.2 Å². The van der Waals surface area contributed by atoms with Crippen molar-refractivity contribution in [2.75, 3.05) is 26.7 Å². The molecule has 3 rings (SSSR count). The molecule has 3 nitrogen and oxygen atoms in total. The molecule has 0 radical (unpaired) electrons. The standard InChI is InChI=1S/C12H22N2O/c1-15-11-6-10(7-11)14-5-4-13-12(8-14)9-2-3-9/h9-13H,2-8H2,1H3. The summed E-state index contributed by atoms with van der Waals surface area (Å²) in [5.74, 6) is 0.992. The third kappa shape index (κ3) is 2.05. The first-order valence-electron chi connectivity index (χ1n) is 6.37. The van der Waals surface area contributed by atoms with E-state index in [2.05, 4.69) is 10.2 Å². The van der Waals surface area contributed by atoms with Gasteiger partial charge in [0.25, 0.3) is 0 Å². The fourth-order valence-corrected chi connectivity index (χ4v) is 2.98. The zero-order valence-electron chi connectivity index (χ0n) is 9.61. The van der Waals surface area contributed by atoms with Crippen molar-refractivity contribution in [2.45, 2.75) is 43.9 Å². The van der Waals surface area contributed by atoms with Crippen molar-refractivity contribution in [3.05, 3.63) is 0 Å². The van der Waals surface area contributed by atoms with Gasteiger partial charge in [-0.25, -0.2) is 0 Å². The predicted octanol–water partition coefficient (Wildman–Crippen LogP) is 0.848. The fourth-order valence-electron chi connectivity index (χ4n) is 2.98. The first kappa shape index (κ1) is 10.1. The molecule has 1 atom stereocenters. The van der Waals surface area contributed by atoms with E-state index < -0.39 is 0 Å². The fraction of sp³-hybridized carbons (Fsp3) is 1.00. The summed E-state index contributed by atoms with van der Waals surface area (Å²) in [6.07, 6.45) is 5.97. The van der Waals surface area contributed by atoms with Crippen molar-refractivity contribution < 1.29 is 4.74 Å². The SMILES string of the molecule is COC1CC(N2CCNC(C3CC3)C2)C1. The normalized spacial score (nSPS) is 42.6. The Balaban J connectivity index is 1.49. The molecule has 0 aromatic heterocycles. The lowest BCUT2D eigenvalue weighted by atomic mass is 9.87. The molecule has 0 spiro atoms. The molecule has 1 N–H and O–H groups in total. The van der Waals surface area contributed by atoms with Crippen molar-refractivity contribution in [3.8, 4) is 0 Å². The van der Waals surface area contributed by atoms with E-state index in [4.69, 9.17) is 4.74 Å². The molecule has 3 fully saturated rings. The Morgan fingerprint density at radius 1 is 1.27 bits per heavy atom. The van der Waals surface area contributed by atoms with Gasteiger partial charge in [0.15, 0.2) is 0 Å². The quantitative estimate of drug-likeness (QED) is 0.747. The number of nitrogens with zero attached hydrogens (tertiary/aromatic N) is 1. The first-order valence-corrected chi connectivity index (χ1v) is 6.37. The zero-order chi connectivity index (χ0) is 10.3. The summed E-state index contributed by atoms with van der Waals surface area (Å²) in [7, 11) is 1.84. The second-order valence-corrected chi connectivity index (χ2v) is 5.38. The van der Waals surface area contributed by atoms with Crippen LogP contribution in [0.25, 0.3) is 0 Å². The van der Waals surface area contributed by atoms with Crippen LogP contribution in [0, 0.1) is 5.92 Å². The number of rotatable bonds is 3. The van der Waals surface area contributed by atoms with Crippen LogP contribution in [0.5, 0.6) is 0 Å². The third-order valence-corrected chi connectivity index (χ3v) is 4.35. The monoisotopic (exact) mass is 210 g/mol. The summed E-state index contributed by atoms with van der Waals surface area (Å²) < 4.78 is 5.35. The van der Waals surface area contributed by atoms with Crippen molar-refractivity contribution >= 4 is 0 Å². The summed E-state index contributed by atoms with van der Waals surface area (Å²) >= 11 is 0. The Kier molecular flexibility index (Phi) is 2.71. The summed E-state index contributed by atoms with van der Waals surface area (Å²) in [5.41, 5.74) is 0. The third-order valence-electron chi connectivity index (χ3n) is 4.35. The summed E-state index contributed by atoms with van der Waals surface area (Å²) in [5, 5.41) is 3.67. The van der Waals surface area contributed by atoms with Crippen molar-refractivity contribution in [3.63, 3.8) is 0 Å². The van der Waals surface area contributed by atoms with Gasteiger partial charge >= 0.3 is 0 Å². The van der Waals surface area contributed by atoms with Crippen LogP contribution in [0.4, 0.5) is 0 Å². The number of nitrogens with one attached hydrogen (secondary N) is 1. The first-order chi connectivity index (χ1) is 7.36. The number of ether oxygens (including phenoxy) is 1. The average Bonchev–Trinajstić information content (AvgIpc) is 3.00. The van der Waals surface area contributed by atoms with E-state index >= 15 is 0 Å². The Morgan fingerprint density at radius 2 is 2.07 bits per heavy atom. The highest BCUT2D eigenvalue weighted by Crippen LogP contribution is 2.35. The highest BCUT2D eigenvalue weighted by atomic mass is 16.5. The van der Waals surface area contributed by atoms with Crippen molar-refractivity contribution in [2.24, 2.45) is 5.92 Å². The molecule has 1 aliphatic heterocycles. The number of hydrogen-bond acceptors (Lipinski definition) is 3. The molecule has 3 heteroatoms. The van der Waals surface area contributed by atoms with Crippen LogP contribution < -0.4 is 5.32 Å². The van der Waals surface area contributed by atoms with Gasteiger partial charge in [0.05, 0.1) is 6.10 Å². The molecule has 15 heavy (non-hydrogen) atoms. The molecule has 0 bridgehead atoms. The molecule has 1 saturated heterocycles. The minimum atomic E-state index is 0.546. The molecule has 0 aromatic rings. The molecular formula is C12H22N2O. The smallest absolute Gasteiger partial charge is 0.0601 e. The maximum absolute atomic E-state index is 5.35. The second kappa shape index (κ2) is 4.04. The van der Waals surface area contributed by atoms with Gasteiger partial charge in [0, 0.05) is 38.8 Å². The van der Waals surface area contributed by atoms with Gasteiger partial charge in [-0.1, -0.05) is 0 Å². The molecule has 2 aliphatic carbocycles. The van der Waals surface area contributed by atoms with Crippen LogP contribution in [0.15, 0.2) is 0 Å². The average molecular weight is 210 g/mol. The molecule has 1 heterocycles. The molecule has 0 amide bonds. The second-order valence-electron chi connectivity index (χ2n) is 5.38. The van der Waals surface area contributed by atoms with E-state index in [-0.39, 0.29) is 0 Å². The topological polar surface area (TPSA) is 24.5 Å².